The lowest BCUT2D eigenvalue weighted by Gasteiger charge is -2.66. The normalized spacial score (nSPS) is 35.3. The Morgan fingerprint density at radius 3 is 2.45 bits per heavy atom. The minimum Gasteiger partial charge on any atom is -0.323 e. The smallest absolute Gasteiger partial charge is 0.232 e. The van der Waals surface area contributed by atoms with Crippen molar-refractivity contribution in [2.45, 2.75) is 35.3 Å². The Morgan fingerprint density at radius 2 is 1.95 bits per heavy atom. The molecule has 1 amide bonds. The van der Waals surface area contributed by atoms with E-state index in [0.717, 1.165) is 12.8 Å². The van der Waals surface area contributed by atoms with Crippen LogP contribution in [0.25, 0.3) is 0 Å². The third-order valence-corrected chi connectivity index (χ3v) is 9.25. The summed E-state index contributed by atoms with van der Waals surface area (Å²) in [5, 5.41) is 2.80. The number of halogens is 4. The lowest BCUT2D eigenvalue weighted by molar-refractivity contribution is -0.155. The molecule has 22 heavy (non-hydrogen) atoms. The molecule has 0 heterocycles. The first kappa shape index (κ1) is 16.9. The van der Waals surface area contributed by atoms with Crippen LogP contribution in [0.5, 0.6) is 0 Å². The zero-order valence-electron chi connectivity index (χ0n) is 12.3. The van der Waals surface area contributed by atoms with Crippen LogP contribution in [0.4, 0.5) is 10.1 Å². The summed E-state index contributed by atoms with van der Waals surface area (Å²) < 4.78 is 14.0. The number of alkyl halides is 3. The van der Waals surface area contributed by atoms with Crippen molar-refractivity contribution in [2.24, 2.45) is 16.2 Å². The summed E-state index contributed by atoms with van der Waals surface area (Å²) in [6.07, 6.45) is 1.74. The molecule has 1 aromatic rings. The molecule has 3 aliphatic carbocycles. The van der Waals surface area contributed by atoms with Crippen molar-refractivity contribution in [1.29, 1.82) is 0 Å². The fourth-order valence-corrected chi connectivity index (χ4v) is 9.41. The Kier molecular flexibility index (Phi) is 4.06. The van der Waals surface area contributed by atoms with Crippen molar-refractivity contribution in [3.63, 3.8) is 0 Å². The number of para-hydroxylation sites is 1. The third kappa shape index (κ3) is 1.78. The minimum absolute atomic E-state index is 0.0282. The van der Waals surface area contributed by atoms with Crippen molar-refractivity contribution >= 4 is 59.4 Å². The fourth-order valence-electron chi connectivity index (χ4n) is 4.49. The Morgan fingerprint density at radius 1 is 1.32 bits per heavy atom. The number of anilines is 1. The van der Waals surface area contributed by atoms with E-state index in [4.69, 9.17) is 0 Å². The average molecular weight is 498 g/mol. The van der Waals surface area contributed by atoms with Gasteiger partial charge in [0.2, 0.25) is 5.91 Å². The number of hydrogen-bond acceptors (Lipinski definition) is 1. The Balaban J connectivity index is 1.93. The predicted octanol–water partition coefficient (Wildman–Crippen LogP) is 5.45. The van der Waals surface area contributed by atoms with Gasteiger partial charge >= 0.3 is 0 Å². The Labute approximate surface area is 155 Å². The molecular formula is C16H17Br3FNO. The van der Waals surface area contributed by atoms with Crippen LogP contribution in [0.3, 0.4) is 0 Å². The summed E-state index contributed by atoms with van der Waals surface area (Å²) in [6, 6.07) is 6.29. The van der Waals surface area contributed by atoms with Crippen molar-refractivity contribution < 1.29 is 9.18 Å². The van der Waals surface area contributed by atoms with Crippen LogP contribution in [0, 0.1) is 22.1 Å². The Bertz CT molecular complexity index is 636. The maximum absolute atomic E-state index is 13.8. The van der Waals surface area contributed by atoms with Crippen LogP contribution in [-0.4, -0.2) is 14.5 Å². The number of amides is 1. The first-order valence-corrected chi connectivity index (χ1v) is 9.95. The second-order valence-corrected chi connectivity index (χ2v) is 10.7. The molecule has 3 saturated carbocycles. The van der Waals surface area contributed by atoms with E-state index >= 15 is 0 Å². The van der Waals surface area contributed by atoms with Crippen LogP contribution in [0.15, 0.2) is 24.3 Å². The summed E-state index contributed by atoms with van der Waals surface area (Å²) in [5.41, 5.74) is -0.494. The van der Waals surface area contributed by atoms with Crippen molar-refractivity contribution in [3.05, 3.63) is 30.1 Å². The SMILES string of the molecule is CC1(C)[C@]2(C(=O)Nc3ccccc3F)CC[C@]1(C(Br)Br)[C@H]2Br. The van der Waals surface area contributed by atoms with Gasteiger partial charge in [-0.15, -0.1) is 0 Å². The molecule has 120 valence electrons. The summed E-state index contributed by atoms with van der Waals surface area (Å²) >= 11 is 11.1. The second kappa shape index (κ2) is 5.28. The molecular weight excluding hydrogens is 481 g/mol. The highest BCUT2D eigenvalue weighted by Crippen LogP contribution is 2.82. The zero-order chi connectivity index (χ0) is 16.3. The number of benzene rings is 1. The van der Waals surface area contributed by atoms with Gasteiger partial charge in [-0.2, -0.15) is 0 Å². The van der Waals surface area contributed by atoms with Gasteiger partial charge in [-0.3, -0.25) is 4.79 Å². The largest absolute Gasteiger partial charge is 0.323 e. The maximum atomic E-state index is 13.8. The molecule has 3 atom stereocenters. The number of hydrogen-bond donors (Lipinski definition) is 1. The van der Waals surface area contributed by atoms with E-state index in [1.165, 1.54) is 6.07 Å². The highest BCUT2D eigenvalue weighted by molar-refractivity contribution is 9.24. The van der Waals surface area contributed by atoms with Crippen molar-refractivity contribution in [1.82, 2.24) is 0 Å². The van der Waals surface area contributed by atoms with Crippen LogP contribution in [0.1, 0.15) is 26.7 Å². The third-order valence-electron chi connectivity index (χ3n) is 6.01. The van der Waals surface area contributed by atoms with E-state index in [1.54, 1.807) is 18.2 Å². The molecule has 0 aromatic heterocycles. The monoisotopic (exact) mass is 495 g/mol. The molecule has 3 fully saturated rings. The minimum atomic E-state index is -0.519. The van der Waals surface area contributed by atoms with Crippen LogP contribution < -0.4 is 5.32 Å². The average Bonchev–Trinajstić information content (AvgIpc) is 2.91. The highest BCUT2D eigenvalue weighted by Gasteiger charge is 2.83. The van der Waals surface area contributed by atoms with Gasteiger partial charge in [0, 0.05) is 10.2 Å². The van der Waals surface area contributed by atoms with Gasteiger partial charge < -0.3 is 5.32 Å². The van der Waals surface area contributed by atoms with Gasteiger partial charge in [-0.1, -0.05) is 73.8 Å². The lowest BCUT2D eigenvalue weighted by Crippen LogP contribution is -2.71. The topological polar surface area (TPSA) is 29.1 Å². The number of rotatable bonds is 3. The lowest BCUT2D eigenvalue weighted by atomic mass is 9.43. The first-order chi connectivity index (χ1) is 10.2. The Hall–Kier alpha value is 0.0600. The van der Waals surface area contributed by atoms with Crippen molar-refractivity contribution in [2.75, 3.05) is 5.32 Å². The van der Waals surface area contributed by atoms with Crippen molar-refractivity contribution in [3.8, 4) is 0 Å². The highest BCUT2D eigenvalue weighted by atomic mass is 79.9. The fraction of sp³-hybridized carbons (Fsp3) is 0.562. The van der Waals surface area contributed by atoms with Gasteiger partial charge in [0.1, 0.15) is 5.82 Å². The standard InChI is InChI=1S/C16H17Br3FNO/c1-14(2)15(12(18)19)7-8-16(14,11(15)17)13(22)21-10-6-4-3-5-9(10)20/h3-6,11-12H,7-8H2,1-2H3,(H,21,22)/t11-,15-,16-/m1/s1. The first-order valence-electron chi connectivity index (χ1n) is 7.20. The van der Waals surface area contributed by atoms with E-state index in [-0.39, 0.29) is 31.0 Å². The van der Waals surface area contributed by atoms with Crippen LogP contribution in [-0.2, 0) is 4.79 Å². The van der Waals surface area contributed by atoms with E-state index < -0.39 is 11.2 Å². The van der Waals surface area contributed by atoms with Gasteiger partial charge in [0.05, 0.1) is 14.8 Å². The van der Waals surface area contributed by atoms with Gasteiger partial charge in [-0.05, 0) is 30.4 Å². The molecule has 0 unspecified atom stereocenters. The van der Waals surface area contributed by atoms with Gasteiger partial charge in [-0.25, -0.2) is 4.39 Å². The molecule has 0 spiro atoms. The molecule has 1 N–H and O–H groups in total. The molecule has 0 saturated heterocycles. The van der Waals surface area contributed by atoms with Crippen LogP contribution in [0.2, 0.25) is 0 Å². The quantitative estimate of drug-likeness (QED) is 0.553. The van der Waals surface area contributed by atoms with E-state index in [1.807, 2.05) is 0 Å². The number of carbonyl (C=O) groups is 1. The summed E-state index contributed by atoms with van der Waals surface area (Å²) in [5.74, 6) is -0.503. The van der Waals surface area contributed by atoms with E-state index in [2.05, 4.69) is 67.0 Å². The molecule has 3 aliphatic rings. The number of carbonyl (C=O) groups excluding carboxylic acids is 1. The molecule has 1 aromatic carbocycles. The molecule has 0 aliphatic heterocycles. The zero-order valence-corrected chi connectivity index (χ0v) is 17.1. The molecule has 4 rings (SSSR count). The van der Waals surface area contributed by atoms with E-state index in [9.17, 15) is 9.18 Å². The molecule has 2 bridgehead atoms. The maximum Gasteiger partial charge on any atom is 0.232 e. The molecule has 0 radical (unpaired) electrons. The van der Waals surface area contributed by atoms with E-state index in [0.29, 0.717) is 0 Å². The molecule has 6 heteroatoms. The number of nitrogens with one attached hydrogen (secondary N) is 1. The predicted molar refractivity (Wildman–Crippen MR) is 97.3 cm³/mol. The van der Waals surface area contributed by atoms with Gasteiger partial charge in [0.15, 0.2) is 0 Å². The molecule has 2 nitrogen and oxygen atoms in total. The number of fused-ring (bicyclic) bond motifs is 1. The summed E-state index contributed by atoms with van der Waals surface area (Å²) in [4.78, 5) is 13.0. The summed E-state index contributed by atoms with van der Waals surface area (Å²) in [7, 11) is 0. The second-order valence-electron chi connectivity index (χ2n) is 6.73. The van der Waals surface area contributed by atoms with Crippen LogP contribution >= 0.6 is 47.8 Å². The van der Waals surface area contributed by atoms with Gasteiger partial charge in [0.25, 0.3) is 0 Å². The summed E-state index contributed by atoms with van der Waals surface area (Å²) in [6.45, 7) is 4.27.